The van der Waals surface area contributed by atoms with Crippen molar-refractivity contribution in [3.63, 3.8) is 0 Å². The largest absolute Gasteiger partial charge is 0.491 e. The maximum atomic E-state index is 11.2. The lowest BCUT2D eigenvalue weighted by Gasteiger charge is -2.10. The van der Waals surface area contributed by atoms with Crippen LogP contribution >= 0.6 is 0 Å². The molecule has 0 aliphatic rings. The zero-order valence-corrected chi connectivity index (χ0v) is 13.2. The maximum Gasteiger partial charge on any atom is 0.152 e. The lowest BCUT2D eigenvalue weighted by molar-refractivity contribution is 0.112. The van der Waals surface area contributed by atoms with Gasteiger partial charge in [0.15, 0.2) is 6.29 Å². The van der Waals surface area contributed by atoms with Gasteiger partial charge >= 0.3 is 0 Å². The molecule has 3 nitrogen and oxygen atoms in total. The van der Waals surface area contributed by atoms with Crippen LogP contribution in [0, 0.1) is 0 Å². The first-order chi connectivity index (χ1) is 11.9. The van der Waals surface area contributed by atoms with Gasteiger partial charge in [0.05, 0.1) is 6.54 Å². The number of hydrogen-bond acceptors (Lipinski definition) is 2. The van der Waals surface area contributed by atoms with Gasteiger partial charge in [-0.1, -0.05) is 54.6 Å². The number of benzene rings is 3. The Kier molecular flexibility index (Phi) is 3.75. The Balaban J connectivity index is 1.56. The summed E-state index contributed by atoms with van der Waals surface area (Å²) in [5.74, 6) is 0.889. The minimum atomic E-state index is 0.547. The monoisotopic (exact) mass is 315 g/mol. The number of rotatable bonds is 5. The van der Waals surface area contributed by atoms with E-state index in [2.05, 4.69) is 22.8 Å². The summed E-state index contributed by atoms with van der Waals surface area (Å²) in [5.41, 5.74) is 1.77. The molecule has 0 saturated heterocycles. The van der Waals surface area contributed by atoms with E-state index in [1.54, 1.807) is 0 Å². The Labute approximate surface area is 140 Å². The van der Waals surface area contributed by atoms with Crippen LogP contribution in [0.2, 0.25) is 0 Å². The molecule has 118 valence electrons. The number of nitrogens with zero attached hydrogens (tertiary/aromatic N) is 1. The van der Waals surface area contributed by atoms with Crippen molar-refractivity contribution in [1.82, 2.24) is 4.57 Å². The first kappa shape index (κ1) is 14.5. The number of hydrogen-bond donors (Lipinski definition) is 0. The van der Waals surface area contributed by atoms with Crippen LogP contribution in [-0.2, 0) is 6.54 Å². The minimum Gasteiger partial charge on any atom is -0.491 e. The van der Waals surface area contributed by atoms with E-state index in [1.807, 2.05) is 54.7 Å². The molecule has 3 aromatic carbocycles. The second kappa shape index (κ2) is 6.20. The zero-order chi connectivity index (χ0) is 16.4. The molecule has 0 aliphatic carbocycles. The van der Waals surface area contributed by atoms with Crippen molar-refractivity contribution in [1.29, 1.82) is 0 Å². The van der Waals surface area contributed by atoms with Gasteiger partial charge in [0.2, 0.25) is 0 Å². The molecule has 3 heteroatoms. The average Bonchev–Trinajstić information content (AvgIpc) is 3.00. The molecule has 0 fully saturated rings. The van der Waals surface area contributed by atoms with Crippen LogP contribution in [-0.4, -0.2) is 17.5 Å². The van der Waals surface area contributed by atoms with Crippen LogP contribution in [0.1, 0.15) is 10.4 Å². The van der Waals surface area contributed by atoms with Crippen molar-refractivity contribution >= 4 is 28.0 Å². The number of carbonyl (C=O) groups is 1. The van der Waals surface area contributed by atoms with Gasteiger partial charge in [0, 0.05) is 28.0 Å². The van der Waals surface area contributed by atoms with Gasteiger partial charge in [-0.25, -0.2) is 0 Å². The normalized spacial score (nSPS) is 11.0. The first-order valence-corrected chi connectivity index (χ1v) is 8.00. The molecular formula is C21H17NO2. The maximum absolute atomic E-state index is 11.2. The fourth-order valence-electron chi connectivity index (χ4n) is 3.13. The molecule has 24 heavy (non-hydrogen) atoms. The van der Waals surface area contributed by atoms with Crippen LogP contribution < -0.4 is 4.74 Å². The first-order valence-electron chi connectivity index (χ1n) is 8.00. The van der Waals surface area contributed by atoms with Crippen molar-refractivity contribution in [2.75, 3.05) is 6.61 Å². The van der Waals surface area contributed by atoms with Gasteiger partial charge in [-0.15, -0.1) is 0 Å². The molecule has 4 rings (SSSR count). The van der Waals surface area contributed by atoms with Crippen LogP contribution in [0.25, 0.3) is 21.7 Å². The number of aldehydes is 1. The van der Waals surface area contributed by atoms with Gasteiger partial charge in [-0.2, -0.15) is 0 Å². The van der Waals surface area contributed by atoms with Crippen LogP contribution in [0.3, 0.4) is 0 Å². The number of carbonyl (C=O) groups excluding carboxylic acids is 1. The summed E-state index contributed by atoms with van der Waals surface area (Å²) in [4.78, 5) is 11.2. The Morgan fingerprint density at radius 3 is 2.50 bits per heavy atom. The molecule has 4 aromatic rings. The molecule has 0 bridgehead atoms. The molecule has 0 aliphatic heterocycles. The van der Waals surface area contributed by atoms with E-state index >= 15 is 0 Å². The SMILES string of the molecule is O=Cc1cn(CCOc2cccc3ccccc23)c2ccccc12. The molecule has 1 heterocycles. The Bertz CT molecular complexity index is 1010. The summed E-state index contributed by atoms with van der Waals surface area (Å²) in [5, 5.41) is 3.27. The summed E-state index contributed by atoms with van der Waals surface area (Å²) < 4.78 is 8.08. The van der Waals surface area contributed by atoms with E-state index in [-0.39, 0.29) is 0 Å². The molecule has 0 unspecified atom stereocenters. The third-order valence-electron chi connectivity index (χ3n) is 4.29. The van der Waals surface area contributed by atoms with Gasteiger partial charge in [0.25, 0.3) is 0 Å². The summed E-state index contributed by atoms with van der Waals surface area (Å²) in [6.45, 7) is 1.24. The Morgan fingerprint density at radius 2 is 1.62 bits per heavy atom. The molecule has 0 saturated carbocycles. The van der Waals surface area contributed by atoms with E-state index in [0.717, 1.165) is 33.9 Å². The average molecular weight is 315 g/mol. The van der Waals surface area contributed by atoms with E-state index in [9.17, 15) is 4.79 Å². The number of fused-ring (bicyclic) bond motifs is 2. The quantitative estimate of drug-likeness (QED) is 0.500. The molecule has 0 amide bonds. The second-order valence-electron chi connectivity index (χ2n) is 5.74. The lowest BCUT2D eigenvalue weighted by atomic mass is 10.1. The predicted molar refractivity (Wildman–Crippen MR) is 96.8 cm³/mol. The van der Waals surface area contributed by atoms with Crippen LogP contribution in [0.4, 0.5) is 0 Å². The predicted octanol–water partition coefficient (Wildman–Crippen LogP) is 4.69. The van der Waals surface area contributed by atoms with Crippen molar-refractivity contribution < 1.29 is 9.53 Å². The Hall–Kier alpha value is -3.07. The summed E-state index contributed by atoms with van der Waals surface area (Å²) >= 11 is 0. The van der Waals surface area contributed by atoms with Crippen molar-refractivity contribution in [3.8, 4) is 5.75 Å². The smallest absolute Gasteiger partial charge is 0.152 e. The van der Waals surface area contributed by atoms with Gasteiger partial charge in [-0.05, 0) is 17.5 Å². The van der Waals surface area contributed by atoms with Gasteiger partial charge in [0.1, 0.15) is 12.4 Å². The zero-order valence-electron chi connectivity index (χ0n) is 13.2. The third-order valence-corrected chi connectivity index (χ3v) is 4.29. The summed E-state index contributed by atoms with van der Waals surface area (Å²) in [7, 11) is 0. The number of ether oxygens (including phenoxy) is 1. The van der Waals surface area contributed by atoms with E-state index in [1.165, 1.54) is 5.39 Å². The standard InChI is InChI=1S/C21H17NO2/c23-15-17-14-22(20-10-4-3-8-18(17)20)12-13-24-21-11-5-7-16-6-1-2-9-19(16)21/h1-11,14-15H,12-13H2. The topological polar surface area (TPSA) is 31.2 Å². The highest BCUT2D eigenvalue weighted by atomic mass is 16.5. The van der Waals surface area contributed by atoms with Crippen molar-refractivity contribution in [2.45, 2.75) is 6.54 Å². The van der Waals surface area contributed by atoms with E-state index in [4.69, 9.17) is 4.74 Å². The van der Waals surface area contributed by atoms with Crippen LogP contribution in [0.15, 0.2) is 72.9 Å². The number of para-hydroxylation sites is 1. The van der Waals surface area contributed by atoms with Gasteiger partial charge < -0.3 is 9.30 Å². The lowest BCUT2D eigenvalue weighted by Crippen LogP contribution is -2.07. The highest BCUT2D eigenvalue weighted by Gasteiger charge is 2.07. The molecule has 0 radical (unpaired) electrons. The van der Waals surface area contributed by atoms with Crippen molar-refractivity contribution in [2.24, 2.45) is 0 Å². The Morgan fingerprint density at radius 1 is 0.875 bits per heavy atom. The van der Waals surface area contributed by atoms with E-state index < -0.39 is 0 Å². The fourth-order valence-corrected chi connectivity index (χ4v) is 3.13. The summed E-state index contributed by atoms with van der Waals surface area (Å²) in [6, 6.07) is 22.2. The molecule has 0 N–H and O–H groups in total. The molecule has 0 spiro atoms. The molecule has 1 aromatic heterocycles. The minimum absolute atomic E-state index is 0.547. The fraction of sp³-hybridized carbons (Fsp3) is 0.0952. The highest BCUT2D eigenvalue weighted by Crippen LogP contribution is 2.25. The molecular weight excluding hydrogens is 298 g/mol. The van der Waals surface area contributed by atoms with E-state index in [0.29, 0.717) is 13.2 Å². The highest BCUT2D eigenvalue weighted by molar-refractivity contribution is 5.97. The van der Waals surface area contributed by atoms with Gasteiger partial charge in [-0.3, -0.25) is 4.79 Å². The second-order valence-corrected chi connectivity index (χ2v) is 5.74. The summed E-state index contributed by atoms with van der Waals surface area (Å²) in [6.07, 6.45) is 2.80. The van der Waals surface area contributed by atoms with Crippen LogP contribution in [0.5, 0.6) is 5.75 Å². The third kappa shape index (κ3) is 2.54. The van der Waals surface area contributed by atoms with Crippen molar-refractivity contribution in [3.05, 3.63) is 78.5 Å². The molecule has 0 atom stereocenters. The number of aromatic nitrogens is 1.